The van der Waals surface area contributed by atoms with Gasteiger partial charge in [-0.2, -0.15) is 0 Å². The Morgan fingerprint density at radius 1 is 0.958 bits per heavy atom. The molecule has 2 heterocycles. The van der Waals surface area contributed by atoms with E-state index in [1.165, 1.54) is 46.0 Å². The van der Waals surface area contributed by atoms with Crippen molar-refractivity contribution in [2.75, 3.05) is 0 Å². The average molecular weight is 345 g/mol. The highest BCUT2D eigenvalue weighted by Gasteiger charge is 2.08. The van der Waals surface area contributed by atoms with E-state index in [1.54, 1.807) is 17.7 Å². The Bertz CT molecular complexity index is 727. The number of aromatic nitrogens is 2. The van der Waals surface area contributed by atoms with Crippen LogP contribution in [0.4, 0.5) is 0 Å². The zero-order valence-corrected chi connectivity index (χ0v) is 17.0. The van der Waals surface area contributed by atoms with E-state index in [1.807, 2.05) is 20.8 Å². The summed E-state index contributed by atoms with van der Waals surface area (Å²) in [5, 5.41) is 1.25. The summed E-state index contributed by atoms with van der Waals surface area (Å²) < 4.78 is 2.53. The molecule has 1 aromatic carbocycles. The third-order valence-electron chi connectivity index (χ3n) is 3.86. The third-order valence-corrected chi connectivity index (χ3v) is 5.11. The van der Waals surface area contributed by atoms with Gasteiger partial charge in [-0.3, -0.25) is 0 Å². The van der Waals surface area contributed by atoms with Gasteiger partial charge in [-0.25, -0.2) is 9.97 Å². The topological polar surface area (TPSA) is 25.8 Å². The molecular formula is C21H32N2S. The Kier molecular flexibility index (Phi) is 9.55. The molecule has 3 aromatic rings. The summed E-state index contributed by atoms with van der Waals surface area (Å²) in [6, 6.07) is 6.63. The Balaban J connectivity index is 0.000000309. The Morgan fingerprint density at radius 2 is 1.62 bits per heavy atom. The zero-order valence-electron chi connectivity index (χ0n) is 16.1. The number of hydrogen-bond donors (Lipinski definition) is 0. The van der Waals surface area contributed by atoms with Crippen LogP contribution in [-0.4, -0.2) is 9.97 Å². The van der Waals surface area contributed by atoms with Crippen LogP contribution in [-0.2, 0) is 6.42 Å². The second kappa shape index (κ2) is 11.1. The van der Waals surface area contributed by atoms with Crippen LogP contribution in [0.25, 0.3) is 20.3 Å². The van der Waals surface area contributed by atoms with Gasteiger partial charge in [0.05, 0.1) is 15.9 Å². The van der Waals surface area contributed by atoms with Crippen molar-refractivity contribution in [2.24, 2.45) is 0 Å². The molecule has 0 aliphatic rings. The van der Waals surface area contributed by atoms with E-state index in [9.17, 15) is 0 Å². The van der Waals surface area contributed by atoms with Gasteiger partial charge in [0.1, 0.15) is 6.33 Å². The molecule has 132 valence electrons. The number of thiophene rings is 1. The fourth-order valence-corrected chi connectivity index (χ4v) is 3.62. The zero-order chi connectivity index (χ0) is 17.9. The van der Waals surface area contributed by atoms with Gasteiger partial charge < -0.3 is 0 Å². The number of aryl methyl sites for hydroxylation is 2. The maximum Gasteiger partial charge on any atom is 0.116 e. The first-order valence-corrected chi connectivity index (χ1v) is 10.2. The summed E-state index contributed by atoms with van der Waals surface area (Å²) >= 11 is 1.79. The molecule has 0 saturated heterocycles. The first-order valence-electron chi connectivity index (χ1n) is 9.33. The highest BCUT2D eigenvalue weighted by molar-refractivity contribution is 7.25. The molecule has 0 aliphatic carbocycles. The number of benzene rings is 1. The highest BCUT2D eigenvalue weighted by Crippen LogP contribution is 2.33. The fourth-order valence-electron chi connectivity index (χ4n) is 2.45. The molecule has 0 amide bonds. The lowest BCUT2D eigenvalue weighted by atomic mass is 10.1. The highest BCUT2D eigenvalue weighted by atomic mass is 32.1. The Morgan fingerprint density at radius 3 is 2.21 bits per heavy atom. The molecule has 0 atom stereocenters. The van der Waals surface area contributed by atoms with Crippen LogP contribution < -0.4 is 0 Å². The van der Waals surface area contributed by atoms with E-state index >= 15 is 0 Å². The second-order valence-corrected chi connectivity index (χ2v) is 6.68. The Labute approximate surface area is 151 Å². The number of hydrogen-bond acceptors (Lipinski definition) is 3. The van der Waals surface area contributed by atoms with Crippen LogP contribution in [0.3, 0.4) is 0 Å². The van der Waals surface area contributed by atoms with Crippen LogP contribution in [0.2, 0.25) is 0 Å². The van der Waals surface area contributed by atoms with E-state index < -0.39 is 0 Å². The molecule has 24 heavy (non-hydrogen) atoms. The minimum absolute atomic E-state index is 1.07. The van der Waals surface area contributed by atoms with E-state index in [0.29, 0.717) is 0 Å². The fraction of sp³-hybridized carbons (Fsp3) is 0.524. The first-order chi connectivity index (χ1) is 11.7. The number of fused-ring (bicyclic) bond motifs is 3. The quantitative estimate of drug-likeness (QED) is 0.463. The van der Waals surface area contributed by atoms with Crippen LogP contribution >= 0.6 is 11.3 Å². The summed E-state index contributed by atoms with van der Waals surface area (Å²) in [4.78, 5) is 8.63. The van der Waals surface area contributed by atoms with Gasteiger partial charge in [0.15, 0.2) is 0 Å². The maximum atomic E-state index is 4.38. The van der Waals surface area contributed by atoms with E-state index in [2.05, 4.69) is 48.9 Å². The average Bonchev–Trinajstić information content (AvgIpc) is 3.01. The molecule has 0 fully saturated rings. The molecular weight excluding hydrogens is 312 g/mol. The van der Waals surface area contributed by atoms with Crippen molar-refractivity contribution in [3.63, 3.8) is 0 Å². The smallest absolute Gasteiger partial charge is 0.116 e. The van der Waals surface area contributed by atoms with Crippen molar-refractivity contribution in [2.45, 2.75) is 73.6 Å². The van der Waals surface area contributed by atoms with Crippen molar-refractivity contribution in [1.29, 1.82) is 0 Å². The monoisotopic (exact) mass is 344 g/mol. The molecule has 0 radical (unpaired) electrons. The summed E-state index contributed by atoms with van der Waals surface area (Å²) in [7, 11) is 0. The molecule has 0 spiro atoms. The first kappa shape index (κ1) is 20.6. The lowest BCUT2D eigenvalue weighted by Crippen LogP contribution is -1.82. The maximum absolute atomic E-state index is 4.38. The molecule has 2 aromatic heterocycles. The van der Waals surface area contributed by atoms with Gasteiger partial charge in [0.2, 0.25) is 0 Å². The molecule has 0 bridgehead atoms. The minimum Gasteiger partial charge on any atom is -0.240 e. The number of rotatable bonds is 4. The van der Waals surface area contributed by atoms with Crippen molar-refractivity contribution < 1.29 is 0 Å². The van der Waals surface area contributed by atoms with Gasteiger partial charge in [-0.1, -0.05) is 72.4 Å². The van der Waals surface area contributed by atoms with Gasteiger partial charge in [-0.05, 0) is 25.0 Å². The normalized spacial score (nSPS) is 10.1. The van der Waals surface area contributed by atoms with Gasteiger partial charge >= 0.3 is 0 Å². The predicted molar refractivity (Wildman–Crippen MR) is 110 cm³/mol. The Hall–Kier alpha value is -1.48. The number of unbranched alkanes of at least 4 members (excludes halogenated alkanes) is 3. The predicted octanol–water partition coefficient (Wildman–Crippen LogP) is 7.33. The summed E-state index contributed by atoms with van der Waals surface area (Å²) in [6.45, 7) is 12.7. The van der Waals surface area contributed by atoms with Gasteiger partial charge in [0, 0.05) is 10.1 Å². The van der Waals surface area contributed by atoms with Crippen LogP contribution in [0.1, 0.15) is 71.6 Å². The van der Waals surface area contributed by atoms with Gasteiger partial charge in [0.25, 0.3) is 0 Å². The molecule has 3 rings (SSSR count). The summed E-state index contributed by atoms with van der Waals surface area (Å²) in [6.07, 6.45) is 8.26. The second-order valence-electron chi connectivity index (χ2n) is 5.63. The molecule has 2 nitrogen and oxygen atoms in total. The van der Waals surface area contributed by atoms with Crippen molar-refractivity contribution in [1.82, 2.24) is 9.97 Å². The van der Waals surface area contributed by atoms with Crippen molar-refractivity contribution >= 4 is 31.6 Å². The number of nitrogens with zero attached hydrogens (tertiary/aromatic N) is 2. The lowest BCUT2D eigenvalue weighted by molar-refractivity contribution is 0.702. The van der Waals surface area contributed by atoms with Crippen molar-refractivity contribution in [3.8, 4) is 0 Å². The molecule has 3 heteroatoms. The van der Waals surface area contributed by atoms with Crippen LogP contribution in [0, 0.1) is 6.92 Å². The SMILES string of the molecule is CC.CCCCCC.CCc1ccc2c(c1)sc1c(C)ncnc12. The largest absolute Gasteiger partial charge is 0.240 e. The standard InChI is InChI=1S/C13H12N2S.C6H14.C2H6/c1-3-9-4-5-10-11(6-9)16-13-8(2)14-7-15-12(10)13;1-3-5-6-4-2;1-2/h4-7H,3H2,1-2H3;3-6H2,1-2H3;1-2H3. The third kappa shape index (κ3) is 5.27. The van der Waals surface area contributed by atoms with E-state index in [0.717, 1.165) is 17.6 Å². The molecule has 0 saturated carbocycles. The molecule has 0 N–H and O–H groups in total. The van der Waals surface area contributed by atoms with Crippen LogP contribution in [0.5, 0.6) is 0 Å². The molecule has 0 aliphatic heterocycles. The van der Waals surface area contributed by atoms with E-state index in [-0.39, 0.29) is 0 Å². The van der Waals surface area contributed by atoms with Gasteiger partial charge in [-0.15, -0.1) is 11.3 Å². The lowest BCUT2D eigenvalue weighted by Gasteiger charge is -1.95. The van der Waals surface area contributed by atoms with Crippen LogP contribution in [0.15, 0.2) is 24.5 Å². The molecule has 0 unspecified atom stereocenters. The summed E-state index contributed by atoms with van der Waals surface area (Å²) in [5.41, 5.74) is 3.55. The van der Waals surface area contributed by atoms with E-state index in [4.69, 9.17) is 0 Å². The summed E-state index contributed by atoms with van der Waals surface area (Å²) in [5.74, 6) is 0. The van der Waals surface area contributed by atoms with Crippen molar-refractivity contribution in [3.05, 3.63) is 35.8 Å². The minimum atomic E-state index is 1.07.